The summed E-state index contributed by atoms with van der Waals surface area (Å²) in [5, 5.41) is 11.9. The molecule has 0 spiro atoms. The van der Waals surface area contributed by atoms with Crippen LogP contribution in [0.4, 0.5) is 23.7 Å². The molecule has 2 atom stereocenters. The monoisotopic (exact) mass is 491 g/mol. The molecule has 0 saturated heterocycles. The summed E-state index contributed by atoms with van der Waals surface area (Å²) in [6.45, 7) is 8.11. The first kappa shape index (κ1) is 26.4. The Morgan fingerprint density at radius 1 is 1.31 bits per heavy atom. The maximum absolute atomic E-state index is 13.5. The molecule has 7 nitrogen and oxygen atoms in total. The van der Waals surface area contributed by atoms with Crippen molar-refractivity contribution >= 4 is 11.8 Å². The van der Waals surface area contributed by atoms with Crippen LogP contribution >= 0.6 is 0 Å². The van der Waals surface area contributed by atoms with Gasteiger partial charge >= 0.3 is 12.3 Å². The van der Waals surface area contributed by atoms with Crippen molar-refractivity contribution in [1.29, 1.82) is 5.26 Å². The predicted octanol–water partition coefficient (Wildman–Crippen LogP) is 5.81. The first-order valence-corrected chi connectivity index (χ1v) is 11.8. The van der Waals surface area contributed by atoms with E-state index in [1.165, 1.54) is 6.07 Å². The lowest BCUT2D eigenvalue weighted by Crippen LogP contribution is -2.40. The number of benzene rings is 1. The van der Waals surface area contributed by atoms with E-state index in [1.54, 1.807) is 45.4 Å². The minimum absolute atomic E-state index is 0.0295. The maximum atomic E-state index is 13.5. The molecule has 1 saturated carbocycles. The molecule has 2 unspecified atom stereocenters. The second-order valence-corrected chi connectivity index (χ2v) is 9.75. The van der Waals surface area contributed by atoms with Crippen LogP contribution in [0.1, 0.15) is 76.2 Å². The highest BCUT2D eigenvalue weighted by molar-refractivity contribution is 5.67. The maximum Gasteiger partial charge on any atom is 0.417 e. The Balaban J connectivity index is 1.76. The van der Waals surface area contributed by atoms with Crippen molar-refractivity contribution in [3.05, 3.63) is 47.5 Å². The summed E-state index contributed by atoms with van der Waals surface area (Å²) in [6.07, 6.45) is 1.73. The van der Waals surface area contributed by atoms with Crippen LogP contribution in [0.25, 0.3) is 0 Å². The SMILES string of the molecule is CCN(c1ccc(C#N)c(C(F)(F)F)c1)C1CCCC(n2cncc2CNC(=O)OC(C)(C)C)C1. The molecule has 10 heteroatoms. The first-order chi connectivity index (χ1) is 16.4. The summed E-state index contributed by atoms with van der Waals surface area (Å²) in [5.41, 5.74) is -0.584. The van der Waals surface area contributed by atoms with E-state index >= 15 is 0 Å². The number of nitriles is 1. The van der Waals surface area contributed by atoms with Crippen LogP contribution in [0.15, 0.2) is 30.7 Å². The largest absolute Gasteiger partial charge is 0.444 e. The van der Waals surface area contributed by atoms with Gasteiger partial charge in [0.1, 0.15) is 5.60 Å². The second kappa shape index (κ2) is 10.6. The van der Waals surface area contributed by atoms with Crippen LogP contribution in [0.5, 0.6) is 0 Å². The van der Waals surface area contributed by atoms with Crippen LogP contribution in [-0.4, -0.2) is 33.8 Å². The van der Waals surface area contributed by atoms with Crippen molar-refractivity contribution in [2.75, 3.05) is 11.4 Å². The number of rotatable bonds is 6. The third kappa shape index (κ3) is 6.68. The molecule has 1 aliphatic rings. The zero-order valence-electron chi connectivity index (χ0n) is 20.5. The lowest BCUT2D eigenvalue weighted by Gasteiger charge is -2.39. The van der Waals surface area contributed by atoms with Gasteiger partial charge < -0.3 is 19.5 Å². The smallest absolute Gasteiger partial charge is 0.417 e. The quantitative estimate of drug-likeness (QED) is 0.552. The molecule has 0 bridgehead atoms. The molecule has 1 fully saturated rings. The molecule has 1 N–H and O–H groups in total. The lowest BCUT2D eigenvalue weighted by molar-refractivity contribution is -0.137. The molecule has 190 valence electrons. The van der Waals surface area contributed by atoms with E-state index in [-0.39, 0.29) is 24.2 Å². The highest BCUT2D eigenvalue weighted by Gasteiger charge is 2.35. The number of nitrogens with one attached hydrogen (secondary N) is 1. The Morgan fingerprint density at radius 2 is 2.06 bits per heavy atom. The molecule has 1 aromatic heterocycles. The summed E-state index contributed by atoms with van der Waals surface area (Å²) in [6, 6.07) is 5.69. The highest BCUT2D eigenvalue weighted by Crippen LogP contribution is 2.38. The number of hydrogen-bond donors (Lipinski definition) is 1. The van der Waals surface area contributed by atoms with Crippen molar-refractivity contribution in [1.82, 2.24) is 14.9 Å². The summed E-state index contributed by atoms with van der Waals surface area (Å²) in [7, 11) is 0. The normalized spacial score (nSPS) is 18.6. The van der Waals surface area contributed by atoms with Gasteiger partial charge in [0.2, 0.25) is 0 Å². The van der Waals surface area contributed by atoms with Gasteiger partial charge in [-0.3, -0.25) is 0 Å². The Kier molecular flexibility index (Phi) is 7.98. The fourth-order valence-corrected chi connectivity index (χ4v) is 4.64. The Hall–Kier alpha value is -3.22. The van der Waals surface area contributed by atoms with Gasteiger partial charge in [-0.25, -0.2) is 9.78 Å². The van der Waals surface area contributed by atoms with Crippen LogP contribution in [0.3, 0.4) is 0 Å². The van der Waals surface area contributed by atoms with E-state index in [4.69, 9.17) is 10.00 Å². The number of amides is 1. The molecule has 1 aliphatic carbocycles. The van der Waals surface area contributed by atoms with E-state index in [0.717, 1.165) is 37.4 Å². The minimum Gasteiger partial charge on any atom is -0.444 e. The van der Waals surface area contributed by atoms with Crippen molar-refractivity contribution in [3.63, 3.8) is 0 Å². The molecule has 0 radical (unpaired) electrons. The Bertz CT molecular complexity index is 1070. The van der Waals surface area contributed by atoms with E-state index in [9.17, 15) is 18.0 Å². The zero-order valence-corrected chi connectivity index (χ0v) is 20.5. The minimum atomic E-state index is -4.59. The fourth-order valence-electron chi connectivity index (χ4n) is 4.64. The zero-order chi connectivity index (χ0) is 25.8. The Labute approximate surface area is 203 Å². The lowest BCUT2D eigenvalue weighted by atomic mass is 9.89. The third-order valence-electron chi connectivity index (χ3n) is 6.11. The highest BCUT2D eigenvalue weighted by atomic mass is 19.4. The van der Waals surface area contributed by atoms with Crippen molar-refractivity contribution in [2.45, 2.75) is 83.8 Å². The molecular formula is C25H32F3N5O2. The average Bonchev–Trinajstić information content (AvgIpc) is 3.25. The third-order valence-corrected chi connectivity index (χ3v) is 6.11. The molecule has 3 rings (SSSR count). The number of hydrogen-bond acceptors (Lipinski definition) is 5. The molecule has 35 heavy (non-hydrogen) atoms. The van der Waals surface area contributed by atoms with E-state index in [1.807, 2.05) is 16.4 Å². The van der Waals surface area contributed by atoms with Gasteiger partial charge in [-0.15, -0.1) is 0 Å². The van der Waals surface area contributed by atoms with E-state index in [0.29, 0.717) is 12.2 Å². The van der Waals surface area contributed by atoms with Gasteiger partial charge in [-0.1, -0.05) is 0 Å². The summed E-state index contributed by atoms with van der Waals surface area (Å²) < 4.78 is 47.9. The van der Waals surface area contributed by atoms with E-state index in [2.05, 4.69) is 10.3 Å². The fraction of sp³-hybridized carbons (Fsp3) is 0.560. The van der Waals surface area contributed by atoms with Gasteiger partial charge in [0.05, 0.1) is 35.8 Å². The number of nitrogens with zero attached hydrogens (tertiary/aromatic N) is 4. The molecule has 1 aromatic carbocycles. The standard InChI is InChI=1S/C25H32F3N5O2/c1-5-32(20-10-9-17(13-29)22(12-20)25(26,27)28)18-7-6-8-19(11-18)33-16-30-14-21(33)15-31-23(34)35-24(2,3)4/h9-10,12,14,16,18-19H,5-8,11,15H2,1-4H3,(H,31,34). The van der Waals surface area contributed by atoms with Crippen molar-refractivity contribution in [2.24, 2.45) is 0 Å². The van der Waals surface area contributed by atoms with Gasteiger partial charge in [0, 0.05) is 30.5 Å². The van der Waals surface area contributed by atoms with E-state index < -0.39 is 23.4 Å². The summed E-state index contributed by atoms with van der Waals surface area (Å²) in [5.74, 6) is 0. The number of anilines is 1. The number of imidazole rings is 1. The average molecular weight is 492 g/mol. The Morgan fingerprint density at radius 3 is 2.69 bits per heavy atom. The molecule has 1 amide bonds. The summed E-state index contributed by atoms with van der Waals surface area (Å²) >= 11 is 0. The first-order valence-electron chi connectivity index (χ1n) is 11.8. The molecule has 2 aromatic rings. The molecule has 1 heterocycles. The number of halogens is 3. The molecule has 0 aliphatic heterocycles. The van der Waals surface area contributed by atoms with Gasteiger partial charge in [0.25, 0.3) is 0 Å². The summed E-state index contributed by atoms with van der Waals surface area (Å²) in [4.78, 5) is 18.3. The number of alkyl halides is 3. The topological polar surface area (TPSA) is 83.2 Å². The van der Waals surface area contributed by atoms with Crippen LogP contribution in [-0.2, 0) is 17.5 Å². The van der Waals surface area contributed by atoms with Crippen molar-refractivity contribution < 1.29 is 22.7 Å². The van der Waals surface area contributed by atoms with Gasteiger partial charge in [-0.2, -0.15) is 18.4 Å². The van der Waals surface area contributed by atoms with Crippen LogP contribution < -0.4 is 10.2 Å². The number of carbonyl (C=O) groups is 1. The number of aromatic nitrogens is 2. The number of carbonyl (C=O) groups excluding carboxylic acids is 1. The van der Waals surface area contributed by atoms with Crippen LogP contribution in [0, 0.1) is 11.3 Å². The number of alkyl carbamates (subject to hydrolysis) is 1. The molecular weight excluding hydrogens is 459 g/mol. The second-order valence-electron chi connectivity index (χ2n) is 9.75. The van der Waals surface area contributed by atoms with Crippen LogP contribution in [0.2, 0.25) is 0 Å². The predicted molar refractivity (Wildman–Crippen MR) is 126 cm³/mol. The van der Waals surface area contributed by atoms with Gasteiger partial charge in [0.15, 0.2) is 0 Å². The number of ether oxygens (including phenoxy) is 1. The van der Waals surface area contributed by atoms with Crippen molar-refractivity contribution in [3.8, 4) is 6.07 Å². The van der Waals surface area contributed by atoms with Gasteiger partial charge in [-0.05, 0) is 71.6 Å².